The van der Waals surface area contributed by atoms with Crippen molar-refractivity contribution in [1.82, 2.24) is 24.7 Å². The molecule has 4 heterocycles. The van der Waals surface area contributed by atoms with E-state index in [1.165, 1.54) is 41.6 Å². The molecule has 0 saturated carbocycles. The highest BCUT2D eigenvalue weighted by molar-refractivity contribution is 6.34. The van der Waals surface area contributed by atoms with Gasteiger partial charge in [-0.05, 0) is 111 Å². The Kier molecular flexibility index (Phi) is 14.4. The fraction of sp³-hybridized carbons (Fsp3) is 0.435. The average molecular weight is 859 g/mol. The maximum absolute atomic E-state index is 16.2. The molecule has 2 amide bonds. The van der Waals surface area contributed by atoms with Gasteiger partial charge in [-0.25, -0.2) is 23.1 Å². The fourth-order valence-electron chi connectivity index (χ4n) is 8.88. The molecule has 7 rings (SSSR count). The molecule has 1 aromatic heterocycles. The van der Waals surface area contributed by atoms with Gasteiger partial charge in [0.25, 0.3) is 5.91 Å². The van der Waals surface area contributed by atoms with Crippen LogP contribution in [-0.4, -0.2) is 108 Å². The average Bonchev–Trinajstić information content (AvgIpc) is 3.60. The summed E-state index contributed by atoms with van der Waals surface area (Å²) in [5.41, 5.74) is 1.85. The lowest BCUT2D eigenvalue weighted by molar-refractivity contribution is -0.126. The smallest absolute Gasteiger partial charge is 0.255 e. The third-order valence-electron chi connectivity index (χ3n) is 12.2. The molecule has 0 N–H and O–H groups in total. The lowest BCUT2D eigenvalue weighted by Crippen LogP contribution is -2.48. The molecule has 322 valence electrons. The third kappa shape index (κ3) is 9.75. The van der Waals surface area contributed by atoms with Crippen LogP contribution in [0.25, 0.3) is 22.0 Å². The van der Waals surface area contributed by atoms with Gasteiger partial charge in [0.05, 0.1) is 17.7 Å². The van der Waals surface area contributed by atoms with Crippen molar-refractivity contribution in [2.75, 3.05) is 57.3 Å². The zero-order valence-electron chi connectivity index (χ0n) is 34.1. The van der Waals surface area contributed by atoms with Crippen LogP contribution in [0.5, 0.6) is 5.75 Å². The first-order chi connectivity index (χ1) is 29.6. The van der Waals surface area contributed by atoms with Crippen LogP contribution in [0.3, 0.4) is 0 Å². The van der Waals surface area contributed by atoms with Crippen molar-refractivity contribution in [2.45, 2.75) is 76.3 Å². The molecular formula is C46H50ClF3N6O5. The highest BCUT2D eigenvalue weighted by Crippen LogP contribution is 2.41. The van der Waals surface area contributed by atoms with Crippen molar-refractivity contribution >= 4 is 52.7 Å². The summed E-state index contributed by atoms with van der Waals surface area (Å²) in [7, 11) is 0. The van der Waals surface area contributed by atoms with Gasteiger partial charge in [0.15, 0.2) is 5.82 Å². The molecule has 0 spiro atoms. The fourth-order valence-corrected chi connectivity index (χ4v) is 9.18. The second kappa shape index (κ2) is 20.0. The van der Waals surface area contributed by atoms with Gasteiger partial charge in [-0.1, -0.05) is 37.4 Å². The minimum atomic E-state index is -0.759. The normalized spacial score (nSPS) is 16.5. The van der Waals surface area contributed by atoms with Crippen molar-refractivity contribution in [1.29, 1.82) is 0 Å². The van der Waals surface area contributed by atoms with Crippen molar-refractivity contribution in [3.63, 3.8) is 0 Å². The maximum Gasteiger partial charge on any atom is 0.255 e. The first kappa shape index (κ1) is 43.7. The first-order valence-corrected chi connectivity index (χ1v) is 21.5. The number of aromatic nitrogens is 2. The second-order valence-corrected chi connectivity index (χ2v) is 16.3. The van der Waals surface area contributed by atoms with Gasteiger partial charge >= 0.3 is 0 Å². The van der Waals surface area contributed by atoms with E-state index in [9.17, 15) is 23.6 Å². The number of benzene rings is 3. The summed E-state index contributed by atoms with van der Waals surface area (Å²) in [6, 6.07) is 7.88. The molecule has 3 aliphatic rings. The number of fused-ring (bicyclic) bond motifs is 2. The summed E-state index contributed by atoms with van der Waals surface area (Å²) in [6.07, 6.45) is 11.0. The number of aldehydes is 2. The zero-order chi connectivity index (χ0) is 43.0. The lowest BCUT2D eigenvalue weighted by Gasteiger charge is -2.35. The number of rotatable bonds is 18. The van der Waals surface area contributed by atoms with Gasteiger partial charge in [-0.3, -0.25) is 9.59 Å². The van der Waals surface area contributed by atoms with Crippen molar-refractivity contribution < 1.29 is 37.1 Å². The highest BCUT2D eigenvalue weighted by atomic mass is 35.5. The molecule has 11 nitrogen and oxygen atoms in total. The predicted molar refractivity (Wildman–Crippen MR) is 227 cm³/mol. The summed E-state index contributed by atoms with van der Waals surface area (Å²) < 4.78 is 52.2. The van der Waals surface area contributed by atoms with Gasteiger partial charge < -0.3 is 33.9 Å². The monoisotopic (exact) mass is 858 g/mol. The lowest BCUT2D eigenvalue weighted by atomic mass is 9.85. The Morgan fingerprint density at radius 3 is 2.43 bits per heavy atom. The molecule has 0 radical (unpaired) electrons. The summed E-state index contributed by atoms with van der Waals surface area (Å²) >= 11 is 6.66. The first-order valence-electron chi connectivity index (χ1n) is 21.1. The molecule has 2 saturated heterocycles. The Hall–Kier alpha value is -5.34. The summed E-state index contributed by atoms with van der Waals surface area (Å²) in [6.45, 7) is 8.79. The Balaban J connectivity index is 0.855. The van der Waals surface area contributed by atoms with E-state index in [4.69, 9.17) is 16.3 Å². The molecule has 1 atom stereocenters. The van der Waals surface area contributed by atoms with Crippen molar-refractivity contribution in [3.05, 3.63) is 94.5 Å². The standard InChI is InChI=1S/C46H50ClF3N6O5/c1-2-41(59)54-17-19-55(20-18-54)45-37-26-39(47)42(43(50)44(37)51-29-52-45)36-25-33(10-11-40(36)49)61-22-7-5-3-4-6-14-53-15-12-30(13-16-53)34-23-31(48)24-35-38(34)27-56(46(35)60)32(28-58)9-8-21-57/h2,10-11,21,23-26,28-30,32H,1,3-9,12-20,22,27H2. The summed E-state index contributed by atoms with van der Waals surface area (Å²) in [5.74, 6) is -1.35. The topological polar surface area (TPSA) is 116 Å². The van der Waals surface area contributed by atoms with Crippen LogP contribution in [-0.2, 0) is 20.9 Å². The van der Waals surface area contributed by atoms with Crippen LogP contribution in [0.1, 0.15) is 85.2 Å². The Morgan fingerprint density at radius 1 is 0.934 bits per heavy atom. The van der Waals surface area contributed by atoms with Gasteiger partial charge in [0.1, 0.15) is 47.6 Å². The number of ether oxygens (including phenoxy) is 1. The number of halogens is 4. The Morgan fingerprint density at radius 2 is 1.69 bits per heavy atom. The molecule has 2 fully saturated rings. The van der Waals surface area contributed by atoms with Crippen LogP contribution in [0, 0.1) is 17.5 Å². The molecular weight excluding hydrogens is 809 g/mol. The molecule has 61 heavy (non-hydrogen) atoms. The van der Waals surface area contributed by atoms with E-state index >= 15 is 8.78 Å². The number of piperidine rings is 1. The number of carbonyl (C=O) groups excluding carboxylic acids is 4. The van der Waals surface area contributed by atoms with Crippen molar-refractivity contribution in [3.8, 4) is 16.9 Å². The van der Waals surface area contributed by atoms with E-state index in [2.05, 4.69) is 21.4 Å². The molecule has 0 bridgehead atoms. The minimum Gasteiger partial charge on any atom is -0.494 e. The van der Waals surface area contributed by atoms with E-state index in [0.717, 1.165) is 82.0 Å². The minimum absolute atomic E-state index is 0.0137. The zero-order valence-corrected chi connectivity index (χ0v) is 34.9. The molecule has 4 aromatic rings. The van der Waals surface area contributed by atoms with E-state index in [-0.39, 0.29) is 58.8 Å². The Labute approximate surface area is 358 Å². The Bertz CT molecular complexity index is 2280. The number of unbranched alkanes of at least 4 members (excludes halogenated alkanes) is 4. The summed E-state index contributed by atoms with van der Waals surface area (Å²) in [4.78, 5) is 63.9. The van der Waals surface area contributed by atoms with Crippen LogP contribution in [0.2, 0.25) is 5.02 Å². The van der Waals surface area contributed by atoms with Gasteiger partial charge in [0.2, 0.25) is 5.91 Å². The van der Waals surface area contributed by atoms with E-state index in [1.807, 2.05) is 4.90 Å². The number of likely N-dealkylation sites (tertiary alicyclic amines) is 1. The van der Waals surface area contributed by atoms with Gasteiger partial charge in [-0.2, -0.15) is 0 Å². The van der Waals surface area contributed by atoms with Crippen LogP contribution >= 0.6 is 11.6 Å². The number of anilines is 1. The second-order valence-electron chi connectivity index (χ2n) is 15.9. The maximum atomic E-state index is 16.2. The molecule has 3 aromatic carbocycles. The molecule has 1 unspecified atom stereocenters. The van der Waals surface area contributed by atoms with Crippen molar-refractivity contribution in [2.24, 2.45) is 0 Å². The molecule has 3 aliphatic heterocycles. The van der Waals surface area contributed by atoms with E-state index < -0.39 is 23.5 Å². The van der Waals surface area contributed by atoms with E-state index in [1.54, 1.807) is 17.0 Å². The van der Waals surface area contributed by atoms with Crippen LogP contribution in [0.4, 0.5) is 19.0 Å². The van der Waals surface area contributed by atoms with E-state index in [0.29, 0.717) is 61.6 Å². The molecule has 15 heteroatoms. The van der Waals surface area contributed by atoms with Crippen LogP contribution in [0.15, 0.2) is 55.4 Å². The largest absolute Gasteiger partial charge is 0.494 e. The molecule has 0 aliphatic carbocycles. The number of piperazine rings is 1. The number of hydrogen-bond donors (Lipinski definition) is 0. The highest BCUT2D eigenvalue weighted by Gasteiger charge is 2.36. The predicted octanol–water partition coefficient (Wildman–Crippen LogP) is 7.91. The summed E-state index contributed by atoms with van der Waals surface area (Å²) in [5, 5.41) is 0.408. The SMILES string of the molecule is C=CC(=O)N1CCN(c2ncnc3c(F)c(-c4cc(OCCCCCCCN5CCC(c6cc(F)cc7c6CN(C(C=O)CCC=O)C7=O)CC5)ccc4F)c(Cl)cc23)CC1. The number of nitrogens with zero attached hydrogens (tertiary/aromatic N) is 6. The van der Waals surface area contributed by atoms with Crippen LogP contribution < -0.4 is 9.64 Å². The number of carbonyl (C=O) groups is 4. The quantitative estimate of drug-likeness (QED) is 0.0560. The number of hydrogen-bond acceptors (Lipinski definition) is 9. The third-order valence-corrected chi connectivity index (χ3v) is 12.5. The number of amides is 2. The van der Waals surface area contributed by atoms with Gasteiger partial charge in [-0.15, -0.1) is 0 Å². The van der Waals surface area contributed by atoms with Gasteiger partial charge in [0, 0.05) is 61.2 Å².